The molecule has 1 aromatic rings. The lowest BCUT2D eigenvalue weighted by Gasteiger charge is -2.23. The standard InChI is InChI=1S/C25H38O9/c1-12-15(2)16-13-18(30-21(27)33-24(6,7)8)19(31-22(28)34-25(9,10)11)14-17(16)29-20(26)32-23(3,4)5/h13-15H,12H2,1-11H3. The summed E-state index contributed by atoms with van der Waals surface area (Å²) in [5.74, 6) is -0.287. The van der Waals surface area contributed by atoms with Gasteiger partial charge in [-0.1, -0.05) is 13.8 Å². The molecule has 1 atom stereocenters. The van der Waals surface area contributed by atoms with Crippen molar-refractivity contribution in [2.24, 2.45) is 0 Å². The molecule has 0 N–H and O–H groups in total. The number of hydrogen-bond acceptors (Lipinski definition) is 9. The van der Waals surface area contributed by atoms with Gasteiger partial charge in [0.15, 0.2) is 11.5 Å². The summed E-state index contributed by atoms with van der Waals surface area (Å²) in [5, 5.41) is 0. The maximum atomic E-state index is 12.3. The first-order valence-corrected chi connectivity index (χ1v) is 11.2. The Hall–Kier alpha value is -2.97. The van der Waals surface area contributed by atoms with E-state index in [1.54, 1.807) is 62.3 Å². The highest BCUT2D eigenvalue weighted by molar-refractivity contribution is 5.72. The van der Waals surface area contributed by atoms with E-state index < -0.39 is 35.3 Å². The van der Waals surface area contributed by atoms with Crippen LogP contribution >= 0.6 is 0 Å². The van der Waals surface area contributed by atoms with Crippen molar-refractivity contribution in [1.82, 2.24) is 0 Å². The quantitative estimate of drug-likeness (QED) is 0.246. The summed E-state index contributed by atoms with van der Waals surface area (Å²) < 4.78 is 31.8. The van der Waals surface area contributed by atoms with Gasteiger partial charge in [-0.05, 0) is 80.7 Å². The van der Waals surface area contributed by atoms with E-state index in [9.17, 15) is 14.4 Å². The third-order valence-corrected chi connectivity index (χ3v) is 3.97. The van der Waals surface area contributed by atoms with Crippen LogP contribution in [0.2, 0.25) is 0 Å². The third kappa shape index (κ3) is 10.8. The highest BCUT2D eigenvalue weighted by Gasteiger charge is 2.27. The summed E-state index contributed by atoms with van der Waals surface area (Å²) in [6.07, 6.45) is -2.26. The SMILES string of the molecule is CCC(C)c1cc(OC(=O)OC(C)(C)C)c(OC(=O)OC(C)(C)C)cc1OC(=O)OC(C)(C)C. The van der Waals surface area contributed by atoms with Crippen molar-refractivity contribution in [2.45, 2.75) is 105 Å². The van der Waals surface area contributed by atoms with Gasteiger partial charge in [-0.25, -0.2) is 14.4 Å². The van der Waals surface area contributed by atoms with E-state index in [1.165, 1.54) is 12.1 Å². The van der Waals surface area contributed by atoms with Crippen molar-refractivity contribution >= 4 is 18.5 Å². The van der Waals surface area contributed by atoms with Gasteiger partial charge in [-0.15, -0.1) is 0 Å². The molecule has 1 rings (SSSR count). The number of benzene rings is 1. The topological polar surface area (TPSA) is 107 Å². The molecule has 0 aliphatic carbocycles. The Bertz CT molecular complexity index is 883. The predicted molar refractivity (Wildman–Crippen MR) is 126 cm³/mol. The summed E-state index contributed by atoms with van der Waals surface area (Å²) in [7, 11) is 0. The maximum Gasteiger partial charge on any atom is 0.514 e. The smallest absolute Gasteiger partial charge is 0.428 e. The van der Waals surface area contributed by atoms with Gasteiger partial charge in [0.25, 0.3) is 0 Å². The molecule has 0 aliphatic heterocycles. The number of rotatable bonds is 5. The Balaban J connectivity index is 3.48. The summed E-state index contributed by atoms with van der Waals surface area (Å²) in [4.78, 5) is 37.0. The predicted octanol–water partition coefficient (Wildman–Crippen LogP) is 7.14. The van der Waals surface area contributed by atoms with Crippen molar-refractivity contribution in [1.29, 1.82) is 0 Å². The van der Waals surface area contributed by atoms with Gasteiger partial charge in [0.05, 0.1) is 0 Å². The van der Waals surface area contributed by atoms with Crippen LogP contribution in [0.15, 0.2) is 12.1 Å². The van der Waals surface area contributed by atoms with Crippen LogP contribution in [0.1, 0.15) is 94.1 Å². The zero-order chi connectivity index (χ0) is 26.5. The highest BCUT2D eigenvalue weighted by Crippen LogP contribution is 2.40. The molecule has 0 saturated heterocycles. The molecule has 9 nitrogen and oxygen atoms in total. The zero-order valence-electron chi connectivity index (χ0n) is 22.1. The second-order valence-corrected chi connectivity index (χ2v) is 10.8. The van der Waals surface area contributed by atoms with Gasteiger partial charge in [-0.3, -0.25) is 0 Å². The normalized spacial score (nSPS) is 12.9. The molecule has 0 aromatic heterocycles. The fourth-order valence-electron chi connectivity index (χ4n) is 2.49. The average molecular weight is 483 g/mol. The van der Waals surface area contributed by atoms with E-state index in [0.29, 0.717) is 12.0 Å². The van der Waals surface area contributed by atoms with Crippen LogP contribution in [0.25, 0.3) is 0 Å². The molecule has 0 bridgehead atoms. The van der Waals surface area contributed by atoms with E-state index >= 15 is 0 Å². The van der Waals surface area contributed by atoms with Crippen molar-refractivity contribution in [2.75, 3.05) is 0 Å². The molecule has 192 valence electrons. The summed E-state index contributed by atoms with van der Waals surface area (Å²) in [5.41, 5.74) is -1.86. The van der Waals surface area contributed by atoms with Crippen molar-refractivity contribution in [3.8, 4) is 17.2 Å². The van der Waals surface area contributed by atoms with Gasteiger partial charge >= 0.3 is 18.5 Å². The first-order valence-electron chi connectivity index (χ1n) is 11.2. The van der Waals surface area contributed by atoms with Gasteiger partial charge in [-0.2, -0.15) is 0 Å². The Labute approximate surface area is 202 Å². The van der Waals surface area contributed by atoms with Crippen LogP contribution in [-0.4, -0.2) is 35.3 Å². The first-order chi connectivity index (χ1) is 15.3. The fourth-order valence-corrected chi connectivity index (χ4v) is 2.49. The molecular weight excluding hydrogens is 444 g/mol. The maximum absolute atomic E-state index is 12.3. The van der Waals surface area contributed by atoms with Crippen molar-refractivity contribution in [3.63, 3.8) is 0 Å². The number of carbonyl (C=O) groups excluding carboxylic acids is 3. The van der Waals surface area contributed by atoms with Gasteiger partial charge in [0.2, 0.25) is 0 Å². The lowest BCUT2D eigenvalue weighted by atomic mass is 9.97. The number of hydrogen-bond donors (Lipinski definition) is 0. The lowest BCUT2D eigenvalue weighted by Crippen LogP contribution is -2.28. The number of carbonyl (C=O) groups is 3. The summed E-state index contributed by atoms with van der Waals surface area (Å²) in [6.45, 7) is 19.1. The molecule has 34 heavy (non-hydrogen) atoms. The van der Waals surface area contributed by atoms with Crippen LogP contribution in [0.5, 0.6) is 17.2 Å². The summed E-state index contributed by atoms with van der Waals surface area (Å²) in [6, 6.07) is 2.76. The third-order valence-electron chi connectivity index (χ3n) is 3.97. The van der Waals surface area contributed by atoms with E-state index in [2.05, 4.69) is 0 Å². The molecule has 0 aliphatic rings. The monoisotopic (exact) mass is 482 g/mol. The van der Waals surface area contributed by atoms with E-state index in [1.807, 2.05) is 13.8 Å². The second kappa shape index (κ2) is 11.0. The Morgan fingerprint density at radius 2 is 0.971 bits per heavy atom. The Morgan fingerprint density at radius 1 is 0.647 bits per heavy atom. The minimum atomic E-state index is -1.03. The minimum absolute atomic E-state index is 0.0908. The largest absolute Gasteiger partial charge is 0.514 e. The highest BCUT2D eigenvalue weighted by atomic mass is 16.8. The molecule has 0 radical (unpaired) electrons. The van der Waals surface area contributed by atoms with E-state index in [0.717, 1.165) is 0 Å². The Kier molecular flexibility index (Phi) is 9.38. The van der Waals surface area contributed by atoms with E-state index in [4.69, 9.17) is 28.4 Å². The van der Waals surface area contributed by atoms with Gasteiger partial charge < -0.3 is 28.4 Å². The van der Waals surface area contributed by atoms with Gasteiger partial charge in [0.1, 0.15) is 22.6 Å². The van der Waals surface area contributed by atoms with Gasteiger partial charge in [0, 0.05) is 11.6 Å². The van der Waals surface area contributed by atoms with Crippen LogP contribution in [0, 0.1) is 0 Å². The van der Waals surface area contributed by atoms with Crippen molar-refractivity contribution in [3.05, 3.63) is 17.7 Å². The first kappa shape index (κ1) is 29.1. The molecule has 1 aromatic carbocycles. The van der Waals surface area contributed by atoms with Crippen LogP contribution in [0.4, 0.5) is 14.4 Å². The molecule has 0 spiro atoms. The second-order valence-electron chi connectivity index (χ2n) is 10.8. The van der Waals surface area contributed by atoms with E-state index in [-0.39, 0.29) is 23.2 Å². The lowest BCUT2D eigenvalue weighted by molar-refractivity contribution is 0.0133. The molecule has 0 fully saturated rings. The van der Waals surface area contributed by atoms with Crippen molar-refractivity contribution < 1.29 is 42.8 Å². The van der Waals surface area contributed by atoms with Crippen LogP contribution in [0.3, 0.4) is 0 Å². The molecule has 9 heteroatoms. The van der Waals surface area contributed by atoms with Crippen LogP contribution in [-0.2, 0) is 14.2 Å². The minimum Gasteiger partial charge on any atom is -0.428 e. The van der Waals surface area contributed by atoms with Crippen LogP contribution < -0.4 is 14.2 Å². The summed E-state index contributed by atoms with van der Waals surface area (Å²) >= 11 is 0. The molecular formula is C25H38O9. The molecule has 0 heterocycles. The Morgan fingerprint density at radius 3 is 1.29 bits per heavy atom. The molecule has 1 unspecified atom stereocenters. The fraction of sp³-hybridized carbons (Fsp3) is 0.640. The molecule has 0 amide bonds. The number of ether oxygens (including phenoxy) is 6. The average Bonchev–Trinajstić information content (AvgIpc) is 2.58. The zero-order valence-corrected chi connectivity index (χ0v) is 22.1. The molecule has 0 saturated carbocycles.